The molecule has 0 radical (unpaired) electrons. The van der Waals surface area contributed by atoms with Crippen LogP contribution in [0.2, 0.25) is 0 Å². The molecule has 0 saturated heterocycles. The van der Waals surface area contributed by atoms with E-state index in [1.165, 1.54) is 88.3 Å². The van der Waals surface area contributed by atoms with Gasteiger partial charge in [-0.1, -0.05) is 170 Å². The summed E-state index contributed by atoms with van der Waals surface area (Å²) in [6, 6.07) is 66.0. The van der Waals surface area contributed by atoms with Crippen LogP contribution >= 0.6 is 0 Å². The molecule has 11 rings (SSSR count). The lowest BCUT2D eigenvalue weighted by atomic mass is 9.82. The molecule has 0 spiro atoms. The molecule has 53 heavy (non-hydrogen) atoms. The second kappa shape index (κ2) is 11.8. The first-order valence-corrected chi connectivity index (χ1v) is 18.2. The number of rotatable bonds is 5. The quantitative estimate of drug-likeness (QED) is 0.178. The number of imidazole rings is 1. The molecular formula is C51H32N2. The fourth-order valence-electron chi connectivity index (χ4n) is 8.61. The van der Waals surface area contributed by atoms with Crippen molar-refractivity contribution in [3.8, 4) is 78.0 Å². The molecule has 0 aliphatic heterocycles. The van der Waals surface area contributed by atoms with Gasteiger partial charge in [0, 0.05) is 18.0 Å². The number of hydrogen-bond donors (Lipinski definition) is 0. The zero-order valence-corrected chi connectivity index (χ0v) is 28.9. The molecule has 0 fully saturated rings. The number of benzene rings is 8. The molecule has 0 amide bonds. The third-order valence-electron chi connectivity index (χ3n) is 11.0. The van der Waals surface area contributed by atoms with Gasteiger partial charge in [0.1, 0.15) is 5.65 Å². The van der Waals surface area contributed by atoms with Gasteiger partial charge in [-0.15, -0.1) is 0 Å². The molecule has 0 bridgehead atoms. The van der Waals surface area contributed by atoms with Crippen LogP contribution in [-0.4, -0.2) is 9.38 Å². The van der Waals surface area contributed by atoms with Crippen LogP contribution in [0.1, 0.15) is 0 Å². The lowest BCUT2D eigenvalue weighted by molar-refractivity contribution is 1.19. The summed E-state index contributed by atoms with van der Waals surface area (Å²) in [5.41, 5.74) is 18.1. The van der Waals surface area contributed by atoms with E-state index in [4.69, 9.17) is 4.98 Å². The van der Waals surface area contributed by atoms with Gasteiger partial charge in [-0.3, -0.25) is 0 Å². The number of hydrogen-bond acceptors (Lipinski definition) is 1. The van der Waals surface area contributed by atoms with Gasteiger partial charge in [0.15, 0.2) is 0 Å². The molecule has 2 heterocycles. The molecule has 0 atom stereocenters. The van der Waals surface area contributed by atoms with E-state index < -0.39 is 0 Å². The monoisotopic (exact) mass is 672 g/mol. The molecule has 0 N–H and O–H groups in total. The zero-order valence-electron chi connectivity index (χ0n) is 28.9. The van der Waals surface area contributed by atoms with Gasteiger partial charge in [0.05, 0.1) is 5.69 Å². The van der Waals surface area contributed by atoms with Crippen molar-refractivity contribution in [1.82, 2.24) is 9.38 Å². The second-order valence-electron chi connectivity index (χ2n) is 13.9. The Labute approximate surface area is 307 Å². The summed E-state index contributed by atoms with van der Waals surface area (Å²) < 4.78 is 2.13. The number of pyridine rings is 1. The number of nitrogens with zero attached hydrogens (tertiary/aromatic N) is 2. The van der Waals surface area contributed by atoms with Gasteiger partial charge in [-0.25, -0.2) is 4.98 Å². The van der Waals surface area contributed by atoms with Crippen LogP contribution in [0.4, 0.5) is 0 Å². The highest BCUT2D eigenvalue weighted by Crippen LogP contribution is 2.58. The van der Waals surface area contributed by atoms with Gasteiger partial charge in [0.2, 0.25) is 0 Å². The van der Waals surface area contributed by atoms with Crippen molar-refractivity contribution in [3.63, 3.8) is 0 Å². The van der Waals surface area contributed by atoms with E-state index in [0.29, 0.717) is 0 Å². The van der Waals surface area contributed by atoms with Crippen LogP contribution in [0.3, 0.4) is 0 Å². The highest BCUT2D eigenvalue weighted by molar-refractivity contribution is 6.28. The Bertz CT molecular complexity index is 2920. The van der Waals surface area contributed by atoms with Crippen molar-refractivity contribution in [2.45, 2.75) is 0 Å². The Morgan fingerprint density at radius 2 is 0.811 bits per heavy atom. The SMILES string of the molecule is c1ccc(-c2ccc3nc(-c4ccc(-c5ccc6c7c(cccc57)-c5c-6c(-c6ccccc6)c6ccccc6c5-c5ccccc5)cc4)cn3c2)cc1. The lowest BCUT2D eigenvalue weighted by Crippen LogP contribution is -1.93. The first-order chi connectivity index (χ1) is 26.3. The van der Waals surface area contributed by atoms with Crippen molar-refractivity contribution in [2.75, 3.05) is 0 Å². The minimum absolute atomic E-state index is 0.938. The van der Waals surface area contributed by atoms with Crippen molar-refractivity contribution in [2.24, 2.45) is 0 Å². The summed E-state index contributed by atoms with van der Waals surface area (Å²) >= 11 is 0. The minimum atomic E-state index is 0.938. The molecule has 8 aromatic carbocycles. The van der Waals surface area contributed by atoms with Crippen LogP contribution in [0.25, 0.3) is 105 Å². The summed E-state index contributed by atoms with van der Waals surface area (Å²) in [6.07, 6.45) is 4.29. The Balaban J connectivity index is 1.07. The Morgan fingerprint density at radius 1 is 0.302 bits per heavy atom. The third kappa shape index (κ3) is 4.63. The summed E-state index contributed by atoms with van der Waals surface area (Å²) in [7, 11) is 0. The van der Waals surface area contributed by atoms with Crippen molar-refractivity contribution >= 4 is 27.2 Å². The first kappa shape index (κ1) is 29.7. The predicted octanol–water partition coefficient (Wildman–Crippen LogP) is 13.6. The molecule has 0 unspecified atom stereocenters. The van der Waals surface area contributed by atoms with Gasteiger partial charge >= 0.3 is 0 Å². The molecule has 2 nitrogen and oxygen atoms in total. The van der Waals surface area contributed by atoms with E-state index >= 15 is 0 Å². The fourth-order valence-corrected chi connectivity index (χ4v) is 8.61. The Kier molecular flexibility index (Phi) is 6.59. The van der Waals surface area contributed by atoms with Crippen LogP contribution in [0.15, 0.2) is 194 Å². The Morgan fingerprint density at radius 3 is 1.45 bits per heavy atom. The van der Waals surface area contributed by atoms with E-state index in [2.05, 4.69) is 199 Å². The lowest BCUT2D eigenvalue weighted by Gasteiger charge is -2.20. The maximum atomic E-state index is 4.98. The smallest absolute Gasteiger partial charge is 0.137 e. The molecule has 10 aromatic rings. The predicted molar refractivity (Wildman–Crippen MR) is 222 cm³/mol. The van der Waals surface area contributed by atoms with Crippen LogP contribution in [-0.2, 0) is 0 Å². The number of aromatic nitrogens is 2. The van der Waals surface area contributed by atoms with E-state index in [0.717, 1.165) is 16.9 Å². The molecule has 0 saturated carbocycles. The number of fused-ring (bicyclic) bond motifs is 5. The first-order valence-electron chi connectivity index (χ1n) is 18.2. The van der Waals surface area contributed by atoms with Crippen molar-refractivity contribution in [1.29, 1.82) is 0 Å². The summed E-state index contributed by atoms with van der Waals surface area (Å²) in [4.78, 5) is 4.98. The van der Waals surface area contributed by atoms with E-state index in [1.807, 2.05) is 0 Å². The summed E-state index contributed by atoms with van der Waals surface area (Å²) in [5.74, 6) is 0. The topological polar surface area (TPSA) is 17.3 Å². The maximum absolute atomic E-state index is 4.98. The van der Waals surface area contributed by atoms with Gasteiger partial charge in [-0.2, -0.15) is 0 Å². The zero-order chi connectivity index (χ0) is 34.9. The van der Waals surface area contributed by atoms with Gasteiger partial charge < -0.3 is 4.40 Å². The van der Waals surface area contributed by atoms with E-state index in [1.54, 1.807) is 0 Å². The van der Waals surface area contributed by atoms with E-state index in [9.17, 15) is 0 Å². The normalized spacial score (nSPS) is 11.8. The third-order valence-corrected chi connectivity index (χ3v) is 11.0. The van der Waals surface area contributed by atoms with Gasteiger partial charge in [0.25, 0.3) is 0 Å². The second-order valence-corrected chi connectivity index (χ2v) is 13.9. The fraction of sp³-hybridized carbons (Fsp3) is 0. The Hall–Kier alpha value is -7.03. The molecule has 2 heteroatoms. The standard InChI is InChI=1S/C51H32N2/c1-4-13-33(14-5-1)38-27-30-46-52-45(32-53(46)31-38)35-25-23-34(24-26-35)39-28-29-44-49-40(39)21-12-22-43(49)50-47(36-15-6-2-7-16-36)41-19-10-11-20-42(41)48(51(44)50)37-17-8-3-9-18-37/h1-32H. The highest BCUT2D eigenvalue weighted by Gasteiger charge is 2.31. The van der Waals surface area contributed by atoms with Crippen molar-refractivity contribution in [3.05, 3.63) is 194 Å². The maximum Gasteiger partial charge on any atom is 0.137 e. The van der Waals surface area contributed by atoms with Crippen LogP contribution in [0.5, 0.6) is 0 Å². The molecular weight excluding hydrogens is 641 g/mol. The molecule has 2 aromatic heterocycles. The molecule has 1 aliphatic rings. The molecule has 1 aliphatic carbocycles. The summed E-state index contributed by atoms with van der Waals surface area (Å²) in [6.45, 7) is 0. The van der Waals surface area contributed by atoms with Gasteiger partial charge in [-0.05, 0) is 100 Å². The largest absolute Gasteiger partial charge is 0.306 e. The highest BCUT2D eigenvalue weighted by atomic mass is 15.0. The van der Waals surface area contributed by atoms with Crippen LogP contribution in [0, 0.1) is 0 Å². The van der Waals surface area contributed by atoms with Crippen LogP contribution < -0.4 is 0 Å². The average molecular weight is 673 g/mol. The van der Waals surface area contributed by atoms with E-state index in [-0.39, 0.29) is 0 Å². The summed E-state index contributed by atoms with van der Waals surface area (Å²) in [5, 5.41) is 5.15. The minimum Gasteiger partial charge on any atom is -0.306 e. The average Bonchev–Trinajstić information content (AvgIpc) is 3.81. The van der Waals surface area contributed by atoms with Crippen molar-refractivity contribution < 1.29 is 0 Å². The molecule has 246 valence electrons.